The molecule has 4 aliphatic rings. The summed E-state index contributed by atoms with van der Waals surface area (Å²) in [5.41, 5.74) is 2.36. The molecule has 6 N–H and O–H groups in total. The van der Waals surface area contributed by atoms with Crippen LogP contribution in [0.5, 0.6) is 0 Å². The number of nitrogens with zero attached hydrogens (tertiary/aromatic N) is 2. The number of rotatable bonds is 13. The number of fused-ring (bicyclic) bond motifs is 2. The predicted octanol–water partition coefficient (Wildman–Crippen LogP) is 6.22. The van der Waals surface area contributed by atoms with Crippen molar-refractivity contribution in [1.29, 1.82) is 0 Å². The van der Waals surface area contributed by atoms with Crippen LogP contribution in [0.25, 0.3) is 0 Å². The van der Waals surface area contributed by atoms with Crippen LogP contribution in [0, 0.1) is 10.8 Å². The summed E-state index contributed by atoms with van der Waals surface area (Å²) < 4.78 is 0. The van der Waals surface area contributed by atoms with Crippen molar-refractivity contribution in [2.24, 2.45) is 10.8 Å². The first-order chi connectivity index (χ1) is 28.5. The van der Waals surface area contributed by atoms with Crippen LogP contribution in [-0.4, -0.2) is 116 Å². The molecule has 390 valence electrons. The summed E-state index contributed by atoms with van der Waals surface area (Å²) in [6.07, 6.45) is 3.85. The monoisotopic (exact) mass is 1170 g/mol. The summed E-state index contributed by atoms with van der Waals surface area (Å²) in [6, 6.07) is 13.0. The topological polar surface area (TPSA) is 147 Å². The van der Waals surface area contributed by atoms with E-state index in [1.165, 1.54) is 0 Å². The maximum atomic E-state index is 14.4. The Kier molecular flexibility index (Phi) is 33.0. The van der Waals surface area contributed by atoms with E-state index in [1.807, 2.05) is 76.5 Å². The van der Waals surface area contributed by atoms with Crippen LogP contribution < -0.4 is 31.9 Å². The molecule has 0 spiro atoms. The standard InChI is InChI=1S/C44H62N8O4S4.8H2S/c1-25(45-7)39(57)49-31-19-21-59-33-23-43(3,4)35(51(33)41(31)55)37(53)47-29-15-11-9-13-27(29)17-18-28-14-10-12-16-30(28)48-38(54)36-44(5,6)24-34-52(36)42(56)32(20-22-60-34)50-40(58)26(2)46-8;;;;;;;;/h9-16,25-26,31-36,45-46H,17-24H2,1-8H3,(H,47,53)(H,48,54)(H,49,57)(H,50,58);8*1H2/t25-,26-,31-,32-,33-,34-,35+,36+;;;;;;;;/m0......../s1. The van der Waals surface area contributed by atoms with E-state index >= 15 is 0 Å². The molecular weight excluding hydrogens is 1090 g/mol. The van der Waals surface area contributed by atoms with Crippen molar-refractivity contribution >= 4 is 201 Å². The Hall–Kier alpha value is -0.480. The van der Waals surface area contributed by atoms with Crippen LogP contribution in [0.2, 0.25) is 0 Å². The van der Waals surface area contributed by atoms with Crippen LogP contribution in [0.1, 0.15) is 78.4 Å². The smallest absolute Gasteiger partial charge is 0.247 e. The fourth-order valence-corrected chi connectivity index (χ4v) is 12.6. The molecule has 2 aromatic rings. The maximum Gasteiger partial charge on any atom is 0.247 e. The summed E-state index contributed by atoms with van der Waals surface area (Å²) in [4.78, 5) is 62.0. The predicted molar refractivity (Wildman–Crippen MR) is 336 cm³/mol. The van der Waals surface area contributed by atoms with Crippen molar-refractivity contribution in [1.82, 2.24) is 31.1 Å². The average Bonchev–Trinajstić information content (AvgIpc) is 3.53. The van der Waals surface area contributed by atoms with Gasteiger partial charge in [0.15, 0.2) is 0 Å². The summed E-state index contributed by atoms with van der Waals surface area (Å²) in [5.74, 6) is 0.964. The fraction of sp³-hybridized carbons (Fsp3) is 0.591. The van der Waals surface area contributed by atoms with Gasteiger partial charge in [0.05, 0.1) is 32.8 Å². The lowest BCUT2D eigenvalue weighted by Gasteiger charge is -2.34. The molecule has 4 saturated heterocycles. The number of nitrogens with one attached hydrogen (secondary N) is 6. The first kappa shape index (κ1) is 71.8. The van der Waals surface area contributed by atoms with Gasteiger partial charge in [-0.05, 0) is 112 Å². The van der Waals surface area contributed by atoms with Gasteiger partial charge >= 0.3 is 0 Å². The van der Waals surface area contributed by atoms with Gasteiger partial charge in [0.25, 0.3) is 0 Å². The molecule has 4 heterocycles. The van der Waals surface area contributed by atoms with E-state index in [0.29, 0.717) is 59.9 Å². The number of hydrogen-bond donors (Lipinski definition) is 6. The third kappa shape index (κ3) is 16.5. The lowest BCUT2D eigenvalue weighted by Crippen LogP contribution is -2.56. The number of anilines is 2. The number of thioether (sulfide) groups is 2. The number of thiocarbonyl (C=S) groups is 2. The molecule has 2 aromatic carbocycles. The number of carbonyl (C=O) groups is 4. The Morgan fingerprint density at radius 2 is 0.941 bits per heavy atom. The third-order valence-electron chi connectivity index (χ3n) is 12.6. The van der Waals surface area contributed by atoms with Gasteiger partial charge in [-0.3, -0.25) is 19.2 Å². The number of aryl methyl sites for hydroxylation is 2. The Morgan fingerprint density at radius 1 is 0.618 bits per heavy atom. The average molecular weight is 1170 g/mol. The Bertz CT molecular complexity index is 1850. The first-order valence-electron chi connectivity index (χ1n) is 21.1. The van der Waals surface area contributed by atoms with Crippen LogP contribution >= 0.6 is 156 Å². The van der Waals surface area contributed by atoms with Gasteiger partial charge in [-0.15, -0.1) is 23.5 Å². The van der Waals surface area contributed by atoms with Crippen LogP contribution in [0.4, 0.5) is 11.4 Å². The number of benzene rings is 2. The van der Waals surface area contributed by atoms with Crippen molar-refractivity contribution in [2.45, 2.75) is 127 Å². The van der Waals surface area contributed by atoms with E-state index in [4.69, 9.17) is 24.4 Å². The number of hydrogen-bond acceptors (Lipinski definition) is 10. The molecule has 4 aliphatic heterocycles. The van der Waals surface area contributed by atoms with Crippen LogP contribution in [0.15, 0.2) is 48.5 Å². The highest BCUT2D eigenvalue weighted by Gasteiger charge is 2.56. The van der Waals surface area contributed by atoms with E-state index in [9.17, 15) is 19.2 Å². The second-order valence-corrected chi connectivity index (χ2v) is 21.3. The van der Waals surface area contributed by atoms with Gasteiger partial charge in [-0.1, -0.05) is 88.5 Å². The lowest BCUT2D eigenvalue weighted by molar-refractivity contribution is -0.140. The molecule has 4 fully saturated rings. The quantitative estimate of drug-likeness (QED) is 0.127. The fourth-order valence-electron chi connectivity index (χ4n) is 8.95. The van der Waals surface area contributed by atoms with Gasteiger partial charge in [0, 0.05) is 11.4 Å². The number of likely N-dealkylation sites (N-methyl/N-ethyl adjacent to an activating group) is 2. The van der Waals surface area contributed by atoms with Gasteiger partial charge in [-0.2, -0.15) is 108 Å². The highest BCUT2D eigenvalue weighted by atomic mass is 32.2. The van der Waals surface area contributed by atoms with Gasteiger partial charge in [0.1, 0.15) is 24.2 Å². The van der Waals surface area contributed by atoms with Gasteiger partial charge in [-0.25, -0.2) is 0 Å². The van der Waals surface area contributed by atoms with Crippen molar-refractivity contribution in [3.8, 4) is 0 Å². The van der Waals surface area contributed by atoms with E-state index in [2.05, 4.69) is 59.6 Å². The molecule has 24 heteroatoms. The third-order valence-corrected chi connectivity index (χ3v) is 16.0. The molecule has 68 heavy (non-hydrogen) atoms. The van der Waals surface area contributed by atoms with Crippen LogP contribution in [-0.2, 0) is 32.0 Å². The summed E-state index contributed by atoms with van der Waals surface area (Å²) in [6.45, 7) is 12.2. The Labute approximate surface area is 480 Å². The SMILES string of the molecule is CN[C@@H](C)C(=S)N[C@H]1CCS[C@H]2CC(C)(C)[C@@H](C(=O)Nc3ccccc3CCc3ccccc3NC(=O)[C@H]3N4C(=O)[C@@H](NC(=S)[C@H](C)NC)CCS[C@H]4CC3(C)C)N2C1=O.S.S.S.S.S.S.S.S. The second kappa shape index (κ2) is 31.3. The van der Waals surface area contributed by atoms with Crippen molar-refractivity contribution in [3.05, 3.63) is 59.7 Å². The minimum atomic E-state index is -0.669. The molecule has 6 rings (SSSR count). The highest BCUT2D eigenvalue weighted by molar-refractivity contribution is 8.00. The molecule has 0 radical (unpaired) electrons. The normalized spacial score (nSPS) is 23.6. The molecule has 12 nitrogen and oxygen atoms in total. The molecule has 0 saturated carbocycles. The van der Waals surface area contributed by atoms with E-state index in [1.54, 1.807) is 33.3 Å². The zero-order valence-corrected chi connectivity index (χ0v) is 51.3. The second-order valence-electron chi connectivity index (χ2n) is 17.8. The summed E-state index contributed by atoms with van der Waals surface area (Å²) in [7, 11) is 3.67. The minimum absolute atomic E-state index is 0. The molecular formula is C44H78N8O4S12. The first-order valence-corrected chi connectivity index (χ1v) is 24.0. The largest absolute Gasteiger partial charge is 0.367 e. The number of para-hydroxylation sites is 2. The van der Waals surface area contributed by atoms with Crippen LogP contribution in [0.3, 0.4) is 0 Å². The van der Waals surface area contributed by atoms with E-state index in [0.717, 1.165) is 22.6 Å². The van der Waals surface area contributed by atoms with Crippen molar-refractivity contribution < 1.29 is 19.2 Å². The molecule has 0 aromatic heterocycles. The minimum Gasteiger partial charge on any atom is -0.367 e. The van der Waals surface area contributed by atoms with Crippen molar-refractivity contribution in [2.75, 3.05) is 36.2 Å². The van der Waals surface area contributed by atoms with Gasteiger partial charge in [0.2, 0.25) is 23.6 Å². The molecule has 0 aliphatic carbocycles. The van der Waals surface area contributed by atoms with E-state index in [-0.39, 0.29) is 154 Å². The summed E-state index contributed by atoms with van der Waals surface area (Å²) >= 11 is 14.7. The number of carbonyl (C=O) groups excluding carboxylic acids is 4. The summed E-state index contributed by atoms with van der Waals surface area (Å²) in [5, 5.41) is 19.1. The van der Waals surface area contributed by atoms with Crippen molar-refractivity contribution in [3.63, 3.8) is 0 Å². The Morgan fingerprint density at radius 3 is 1.26 bits per heavy atom. The lowest BCUT2D eigenvalue weighted by atomic mass is 9.84. The zero-order valence-electron chi connectivity index (χ0n) is 40.1. The molecule has 8 atom stereocenters. The number of amides is 4. The van der Waals surface area contributed by atoms with E-state index < -0.39 is 35.0 Å². The maximum absolute atomic E-state index is 14.4. The molecule has 0 bridgehead atoms. The zero-order chi connectivity index (χ0) is 43.5. The molecule has 4 amide bonds. The Balaban J connectivity index is -0.00000528. The van der Waals surface area contributed by atoms with Gasteiger partial charge < -0.3 is 41.7 Å². The molecule has 0 unspecified atom stereocenters. The highest BCUT2D eigenvalue weighted by Crippen LogP contribution is 2.48.